The van der Waals surface area contributed by atoms with Crippen LogP contribution in [0.25, 0.3) is 0 Å². The molecule has 1 aromatic heterocycles. The number of aromatic hydroxyl groups is 1. The molecule has 0 saturated heterocycles. The number of nitrogens with zero attached hydrogens (tertiary/aromatic N) is 2. The van der Waals surface area contributed by atoms with E-state index in [-0.39, 0.29) is 24.4 Å². The first kappa shape index (κ1) is 18.1. The molecule has 24 heavy (non-hydrogen) atoms. The summed E-state index contributed by atoms with van der Waals surface area (Å²) in [5.41, 5.74) is -1.44. The highest BCUT2D eigenvalue weighted by molar-refractivity contribution is 5.76. The second kappa shape index (κ2) is 7.56. The zero-order valence-corrected chi connectivity index (χ0v) is 13.4. The SMILES string of the molecule is CN(C(=O)CCC#Cc1ccc(O)c(C(F)(F)F)n1)C1CCCC1. The molecule has 0 atom stereocenters. The fourth-order valence-electron chi connectivity index (χ4n) is 2.72. The quantitative estimate of drug-likeness (QED) is 0.859. The summed E-state index contributed by atoms with van der Waals surface area (Å²) in [4.78, 5) is 17.1. The van der Waals surface area contributed by atoms with Gasteiger partial charge in [0.05, 0.1) is 0 Å². The van der Waals surface area contributed by atoms with Crippen LogP contribution in [0.2, 0.25) is 0 Å². The van der Waals surface area contributed by atoms with Crippen molar-refractivity contribution in [3.8, 4) is 17.6 Å². The summed E-state index contributed by atoms with van der Waals surface area (Å²) in [5.74, 6) is 4.23. The van der Waals surface area contributed by atoms with E-state index in [2.05, 4.69) is 16.8 Å². The molecule has 1 N–H and O–H groups in total. The van der Waals surface area contributed by atoms with Gasteiger partial charge in [-0.2, -0.15) is 13.2 Å². The molecule has 0 radical (unpaired) electrons. The van der Waals surface area contributed by atoms with E-state index in [9.17, 15) is 23.1 Å². The molecule has 1 aliphatic rings. The Labute approximate surface area is 138 Å². The van der Waals surface area contributed by atoms with Crippen LogP contribution in [0, 0.1) is 11.8 Å². The minimum absolute atomic E-state index is 0.00848. The van der Waals surface area contributed by atoms with Crippen LogP contribution in [0.1, 0.15) is 49.9 Å². The van der Waals surface area contributed by atoms with Crippen molar-refractivity contribution in [1.82, 2.24) is 9.88 Å². The first-order valence-electron chi connectivity index (χ1n) is 7.81. The van der Waals surface area contributed by atoms with Gasteiger partial charge in [0.15, 0.2) is 5.69 Å². The molecule has 2 rings (SSSR count). The maximum absolute atomic E-state index is 12.6. The van der Waals surface area contributed by atoms with Crippen LogP contribution >= 0.6 is 0 Å². The molecule has 7 heteroatoms. The Morgan fingerprint density at radius 1 is 1.38 bits per heavy atom. The number of carbonyl (C=O) groups is 1. The van der Waals surface area contributed by atoms with Gasteiger partial charge in [0.25, 0.3) is 0 Å². The average molecular weight is 340 g/mol. The van der Waals surface area contributed by atoms with Gasteiger partial charge in [0, 0.05) is 25.9 Å². The number of halogens is 3. The van der Waals surface area contributed by atoms with Crippen molar-refractivity contribution in [3.63, 3.8) is 0 Å². The molecule has 1 saturated carbocycles. The van der Waals surface area contributed by atoms with Gasteiger partial charge in [-0.05, 0) is 30.9 Å². The first-order chi connectivity index (χ1) is 11.3. The van der Waals surface area contributed by atoms with Gasteiger partial charge in [-0.1, -0.05) is 18.8 Å². The van der Waals surface area contributed by atoms with Crippen LogP contribution in [0.3, 0.4) is 0 Å². The topological polar surface area (TPSA) is 53.4 Å². The van der Waals surface area contributed by atoms with Crippen molar-refractivity contribution in [1.29, 1.82) is 0 Å². The number of hydrogen-bond acceptors (Lipinski definition) is 3. The van der Waals surface area contributed by atoms with Crippen LogP contribution in [0.4, 0.5) is 13.2 Å². The van der Waals surface area contributed by atoms with Gasteiger partial charge < -0.3 is 10.0 Å². The minimum Gasteiger partial charge on any atom is -0.506 e. The molecule has 1 amide bonds. The number of hydrogen-bond donors (Lipinski definition) is 1. The summed E-state index contributed by atoms with van der Waals surface area (Å²) >= 11 is 0. The number of alkyl halides is 3. The summed E-state index contributed by atoms with van der Waals surface area (Å²) in [6.07, 6.45) is 0.0508. The Morgan fingerprint density at radius 2 is 2.04 bits per heavy atom. The Bertz CT molecular complexity index is 656. The third-order valence-corrected chi connectivity index (χ3v) is 4.09. The number of aromatic nitrogens is 1. The molecule has 1 aromatic rings. The minimum atomic E-state index is -4.73. The number of rotatable bonds is 3. The fraction of sp³-hybridized carbons (Fsp3) is 0.529. The molecular weight excluding hydrogens is 321 g/mol. The van der Waals surface area contributed by atoms with Crippen LogP contribution < -0.4 is 0 Å². The largest absolute Gasteiger partial charge is 0.506 e. The van der Waals surface area contributed by atoms with E-state index in [4.69, 9.17) is 0 Å². The maximum atomic E-state index is 12.6. The maximum Gasteiger partial charge on any atom is 0.437 e. The summed E-state index contributed by atoms with van der Waals surface area (Å²) < 4.78 is 37.9. The Hall–Kier alpha value is -2.23. The smallest absolute Gasteiger partial charge is 0.437 e. The normalized spacial score (nSPS) is 15.0. The van der Waals surface area contributed by atoms with Crippen LogP contribution in [-0.2, 0) is 11.0 Å². The highest BCUT2D eigenvalue weighted by Crippen LogP contribution is 2.33. The lowest BCUT2D eigenvalue weighted by atomic mass is 10.2. The molecule has 1 fully saturated rings. The zero-order chi connectivity index (χ0) is 17.7. The summed E-state index contributed by atoms with van der Waals surface area (Å²) in [6, 6.07) is 2.42. The second-order valence-corrected chi connectivity index (χ2v) is 5.81. The third kappa shape index (κ3) is 4.63. The van der Waals surface area contributed by atoms with E-state index >= 15 is 0 Å². The van der Waals surface area contributed by atoms with Crippen molar-refractivity contribution in [2.75, 3.05) is 7.05 Å². The predicted octanol–water partition coefficient (Wildman–Crippen LogP) is 3.34. The molecule has 0 spiro atoms. The van der Waals surface area contributed by atoms with E-state index in [0.29, 0.717) is 6.04 Å². The monoisotopic (exact) mass is 340 g/mol. The zero-order valence-electron chi connectivity index (χ0n) is 13.4. The predicted molar refractivity (Wildman–Crippen MR) is 82.0 cm³/mol. The Kier molecular flexibility index (Phi) is 5.71. The molecule has 4 nitrogen and oxygen atoms in total. The molecule has 0 bridgehead atoms. The standard InChI is InChI=1S/C17H19F3N2O2/c1-22(13-7-3-4-8-13)15(24)9-5-2-6-12-10-11-14(23)16(21-12)17(18,19)20/h10-11,13,23H,3-5,7-9H2,1H3. The molecular formula is C17H19F3N2O2. The van der Waals surface area contributed by atoms with E-state index in [1.807, 2.05) is 0 Å². The van der Waals surface area contributed by atoms with Gasteiger partial charge >= 0.3 is 6.18 Å². The van der Waals surface area contributed by atoms with Gasteiger partial charge in [0.2, 0.25) is 5.91 Å². The Balaban J connectivity index is 1.92. The van der Waals surface area contributed by atoms with E-state index in [1.165, 1.54) is 6.07 Å². The van der Waals surface area contributed by atoms with Crippen molar-refractivity contribution in [2.45, 2.75) is 50.7 Å². The van der Waals surface area contributed by atoms with Crippen molar-refractivity contribution >= 4 is 5.91 Å². The number of carbonyl (C=O) groups excluding carboxylic acids is 1. The highest BCUT2D eigenvalue weighted by atomic mass is 19.4. The summed E-state index contributed by atoms with van der Waals surface area (Å²) in [5, 5.41) is 9.20. The van der Waals surface area contributed by atoms with Gasteiger partial charge in [-0.15, -0.1) is 0 Å². The lowest BCUT2D eigenvalue weighted by Crippen LogP contribution is -2.34. The summed E-state index contributed by atoms with van der Waals surface area (Å²) in [7, 11) is 1.78. The van der Waals surface area contributed by atoms with Crippen LogP contribution in [0.15, 0.2) is 12.1 Å². The van der Waals surface area contributed by atoms with Gasteiger partial charge in [-0.3, -0.25) is 4.79 Å². The third-order valence-electron chi connectivity index (χ3n) is 4.09. The molecule has 0 aromatic carbocycles. The van der Waals surface area contributed by atoms with Gasteiger partial charge in [0.1, 0.15) is 11.4 Å². The van der Waals surface area contributed by atoms with E-state index < -0.39 is 17.6 Å². The van der Waals surface area contributed by atoms with E-state index in [1.54, 1.807) is 11.9 Å². The fourth-order valence-corrected chi connectivity index (χ4v) is 2.72. The van der Waals surface area contributed by atoms with Crippen molar-refractivity contribution in [3.05, 3.63) is 23.5 Å². The van der Waals surface area contributed by atoms with Gasteiger partial charge in [-0.25, -0.2) is 4.98 Å². The molecule has 130 valence electrons. The Morgan fingerprint density at radius 3 is 2.67 bits per heavy atom. The number of amides is 1. The molecule has 1 aliphatic carbocycles. The van der Waals surface area contributed by atoms with E-state index in [0.717, 1.165) is 31.7 Å². The molecule has 0 unspecified atom stereocenters. The molecule has 1 heterocycles. The first-order valence-corrected chi connectivity index (χ1v) is 7.81. The average Bonchev–Trinajstić information content (AvgIpc) is 3.05. The van der Waals surface area contributed by atoms with Crippen molar-refractivity contribution in [2.24, 2.45) is 0 Å². The number of pyridine rings is 1. The lowest BCUT2D eigenvalue weighted by Gasteiger charge is -2.23. The van der Waals surface area contributed by atoms with Crippen LogP contribution in [-0.4, -0.2) is 34.0 Å². The second-order valence-electron chi connectivity index (χ2n) is 5.81. The van der Waals surface area contributed by atoms with Crippen molar-refractivity contribution < 1.29 is 23.1 Å². The lowest BCUT2D eigenvalue weighted by molar-refractivity contribution is -0.142. The van der Waals surface area contributed by atoms with Crippen LogP contribution in [0.5, 0.6) is 5.75 Å². The molecule has 0 aliphatic heterocycles. The summed E-state index contributed by atoms with van der Waals surface area (Å²) in [6.45, 7) is 0. The highest BCUT2D eigenvalue weighted by Gasteiger charge is 2.36.